The first-order chi connectivity index (χ1) is 15.4. The SMILES string of the molecule is CCCCCCCCCCCCCCCCCC(=O)O.OCC(O)CO.OCC(O)CO. The molecule has 0 aliphatic rings. The molecule has 7 N–H and O–H groups in total. The van der Waals surface area contributed by atoms with Crippen LogP contribution in [0.5, 0.6) is 0 Å². The largest absolute Gasteiger partial charge is 0.481 e. The molecule has 0 atom stereocenters. The fourth-order valence-electron chi connectivity index (χ4n) is 2.76. The van der Waals surface area contributed by atoms with Gasteiger partial charge in [-0.3, -0.25) is 4.79 Å². The third-order valence-corrected chi connectivity index (χ3v) is 4.84. The Morgan fingerprint density at radius 1 is 0.531 bits per heavy atom. The molecule has 0 bridgehead atoms. The lowest BCUT2D eigenvalue weighted by molar-refractivity contribution is -0.137. The summed E-state index contributed by atoms with van der Waals surface area (Å²) in [4.78, 5) is 10.3. The van der Waals surface area contributed by atoms with Gasteiger partial charge in [-0.15, -0.1) is 0 Å². The van der Waals surface area contributed by atoms with E-state index in [1.807, 2.05) is 0 Å². The molecule has 0 aliphatic heterocycles. The van der Waals surface area contributed by atoms with Crippen molar-refractivity contribution in [1.29, 1.82) is 0 Å². The normalized spacial score (nSPS) is 10.5. The summed E-state index contributed by atoms with van der Waals surface area (Å²) in [6, 6.07) is 0. The Labute approximate surface area is 195 Å². The summed E-state index contributed by atoms with van der Waals surface area (Å²) < 4.78 is 0. The molecule has 0 unspecified atom stereocenters. The molecule has 0 heterocycles. The minimum Gasteiger partial charge on any atom is -0.481 e. The fraction of sp³-hybridized carbons (Fsp3) is 0.958. The van der Waals surface area contributed by atoms with Gasteiger partial charge in [0.05, 0.1) is 26.4 Å². The van der Waals surface area contributed by atoms with Gasteiger partial charge in [0, 0.05) is 6.42 Å². The molecule has 8 nitrogen and oxygen atoms in total. The van der Waals surface area contributed by atoms with Crippen LogP contribution in [0.2, 0.25) is 0 Å². The van der Waals surface area contributed by atoms with Crippen LogP contribution in [-0.4, -0.2) is 80.4 Å². The van der Waals surface area contributed by atoms with Gasteiger partial charge in [0.2, 0.25) is 0 Å². The number of aliphatic carboxylic acids is 1. The zero-order valence-electron chi connectivity index (χ0n) is 20.3. The monoisotopic (exact) mass is 468 g/mol. The predicted octanol–water partition coefficient (Wildman–Crippen LogP) is 3.00. The molecule has 196 valence electrons. The van der Waals surface area contributed by atoms with E-state index in [-0.39, 0.29) is 26.4 Å². The van der Waals surface area contributed by atoms with Gasteiger partial charge in [-0.05, 0) is 6.42 Å². The molecule has 8 heteroatoms. The maximum Gasteiger partial charge on any atom is 0.303 e. The highest BCUT2D eigenvalue weighted by Gasteiger charge is 1.97. The van der Waals surface area contributed by atoms with E-state index in [4.69, 9.17) is 35.7 Å². The molecule has 0 saturated carbocycles. The highest BCUT2D eigenvalue weighted by molar-refractivity contribution is 5.66. The van der Waals surface area contributed by atoms with Crippen LogP contribution in [0.3, 0.4) is 0 Å². The molecule has 0 aromatic rings. The lowest BCUT2D eigenvalue weighted by Gasteiger charge is -2.03. The van der Waals surface area contributed by atoms with E-state index in [1.54, 1.807) is 0 Å². The van der Waals surface area contributed by atoms with Gasteiger partial charge in [-0.25, -0.2) is 0 Å². The molecule has 32 heavy (non-hydrogen) atoms. The van der Waals surface area contributed by atoms with Gasteiger partial charge in [0.25, 0.3) is 0 Å². The molecule has 0 aromatic carbocycles. The van der Waals surface area contributed by atoms with Gasteiger partial charge in [-0.2, -0.15) is 0 Å². The minimum absolute atomic E-state index is 0.345. The highest BCUT2D eigenvalue weighted by Crippen LogP contribution is 2.13. The first-order valence-electron chi connectivity index (χ1n) is 12.4. The number of aliphatic hydroxyl groups excluding tert-OH is 6. The Bertz CT molecular complexity index is 324. The number of rotatable bonds is 20. The second kappa shape index (κ2) is 32.4. The number of aliphatic hydroxyl groups is 6. The van der Waals surface area contributed by atoms with Crippen molar-refractivity contribution in [2.24, 2.45) is 0 Å². The van der Waals surface area contributed by atoms with Crippen LogP contribution in [0.15, 0.2) is 0 Å². The van der Waals surface area contributed by atoms with Gasteiger partial charge >= 0.3 is 5.97 Å². The Kier molecular flexibility index (Phi) is 36.3. The molecule has 0 spiro atoms. The van der Waals surface area contributed by atoms with Crippen molar-refractivity contribution in [1.82, 2.24) is 0 Å². The van der Waals surface area contributed by atoms with E-state index in [0.29, 0.717) is 6.42 Å². The second-order valence-electron chi connectivity index (χ2n) is 8.13. The van der Waals surface area contributed by atoms with E-state index >= 15 is 0 Å². The standard InChI is InChI=1S/C18H36O2.2C3H8O3/c1-2-3-4-5-6-7-8-9-10-11-12-13-14-15-16-17-18(19)20;2*4-1-3(6)2-5/h2-17H2,1H3,(H,19,20);2*3-6H,1-2H2. The number of carboxylic acids is 1. The average molecular weight is 469 g/mol. The van der Waals surface area contributed by atoms with Gasteiger partial charge in [-0.1, -0.05) is 96.8 Å². The maximum absolute atomic E-state index is 10.3. The lowest BCUT2D eigenvalue weighted by atomic mass is 10.0. The summed E-state index contributed by atoms with van der Waals surface area (Å²) in [7, 11) is 0. The molecule has 0 fully saturated rings. The van der Waals surface area contributed by atoms with Crippen LogP contribution in [0.4, 0.5) is 0 Å². The van der Waals surface area contributed by atoms with E-state index < -0.39 is 18.2 Å². The number of hydrogen-bond acceptors (Lipinski definition) is 7. The lowest BCUT2D eigenvalue weighted by Crippen LogP contribution is -2.15. The third kappa shape index (κ3) is 39.7. The molecule has 0 amide bonds. The molecule has 0 aliphatic carbocycles. The van der Waals surface area contributed by atoms with E-state index in [1.165, 1.54) is 83.5 Å². The number of carboxylic acid groups (broad SMARTS) is 1. The molecule has 0 aromatic heterocycles. The second-order valence-corrected chi connectivity index (χ2v) is 8.13. The van der Waals surface area contributed by atoms with Crippen LogP contribution in [-0.2, 0) is 4.79 Å². The van der Waals surface area contributed by atoms with Crippen LogP contribution in [0, 0.1) is 0 Å². The summed E-state index contributed by atoms with van der Waals surface area (Å²) in [5.41, 5.74) is 0. The summed E-state index contributed by atoms with van der Waals surface area (Å²) in [6.07, 6.45) is 18.3. The van der Waals surface area contributed by atoms with E-state index in [0.717, 1.165) is 12.8 Å². The summed E-state index contributed by atoms with van der Waals surface area (Å²) >= 11 is 0. The van der Waals surface area contributed by atoms with Crippen molar-refractivity contribution in [2.45, 2.75) is 122 Å². The van der Waals surface area contributed by atoms with Crippen LogP contribution < -0.4 is 0 Å². The summed E-state index contributed by atoms with van der Waals surface area (Å²) in [5.74, 6) is -0.653. The van der Waals surface area contributed by atoms with Gasteiger partial charge in [0.15, 0.2) is 0 Å². The van der Waals surface area contributed by atoms with Crippen molar-refractivity contribution >= 4 is 5.97 Å². The zero-order chi connectivity index (χ0) is 24.9. The van der Waals surface area contributed by atoms with E-state index in [2.05, 4.69) is 6.92 Å². The summed E-state index contributed by atoms with van der Waals surface area (Å²) in [6.45, 7) is 0.812. The Morgan fingerprint density at radius 2 is 0.781 bits per heavy atom. The molecule has 0 rings (SSSR count). The Morgan fingerprint density at radius 3 is 0.969 bits per heavy atom. The van der Waals surface area contributed by atoms with Crippen molar-refractivity contribution < 1.29 is 40.5 Å². The quantitative estimate of drug-likeness (QED) is 0.134. The van der Waals surface area contributed by atoms with Crippen molar-refractivity contribution in [2.75, 3.05) is 26.4 Å². The third-order valence-electron chi connectivity index (χ3n) is 4.84. The number of carbonyl (C=O) groups is 1. The minimum atomic E-state index is -0.954. The van der Waals surface area contributed by atoms with Crippen molar-refractivity contribution in [3.05, 3.63) is 0 Å². The topological polar surface area (TPSA) is 159 Å². The first-order valence-corrected chi connectivity index (χ1v) is 12.4. The number of hydrogen-bond donors (Lipinski definition) is 7. The van der Waals surface area contributed by atoms with Gasteiger partial charge < -0.3 is 35.7 Å². The van der Waals surface area contributed by atoms with Crippen molar-refractivity contribution in [3.8, 4) is 0 Å². The smallest absolute Gasteiger partial charge is 0.303 e. The Balaban J connectivity index is -0.000000571. The van der Waals surface area contributed by atoms with E-state index in [9.17, 15) is 4.79 Å². The molecule has 0 saturated heterocycles. The average Bonchev–Trinajstić information content (AvgIpc) is 2.81. The number of unbranched alkanes of at least 4 members (excludes halogenated alkanes) is 14. The van der Waals surface area contributed by atoms with Crippen LogP contribution in [0.25, 0.3) is 0 Å². The van der Waals surface area contributed by atoms with Gasteiger partial charge in [0.1, 0.15) is 12.2 Å². The molecular weight excluding hydrogens is 416 g/mol. The van der Waals surface area contributed by atoms with Crippen LogP contribution in [0.1, 0.15) is 110 Å². The van der Waals surface area contributed by atoms with Crippen LogP contribution >= 0.6 is 0 Å². The Hall–Kier alpha value is -0.770. The predicted molar refractivity (Wildman–Crippen MR) is 128 cm³/mol. The summed E-state index contributed by atoms with van der Waals surface area (Å²) in [5, 5.41) is 56.5. The highest BCUT2D eigenvalue weighted by atomic mass is 16.4. The fourth-order valence-corrected chi connectivity index (χ4v) is 2.76. The molecule has 0 radical (unpaired) electrons. The van der Waals surface area contributed by atoms with Crippen molar-refractivity contribution in [3.63, 3.8) is 0 Å². The zero-order valence-corrected chi connectivity index (χ0v) is 20.3. The first kappa shape index (κ1) is 35.8. The maximum atomic E-state index is 10.3. The molecular formula is C24H52O8.